The fraction of sp³-hybridized carbons (Fsp3) is 0.222. The van der Waals surface area contributed by atoms with Crippen LogP contribution in [0.2, 0.25) is 0 Å². The summed E-state index contributed by atoms with van der Waals surface area (Å²) in [6.45, 7) is 2.52. The number of nitrogens with two attached hydrogens (primary N) is 1. The van der Waals surface area contributed by atoms with Gasteiger partial charge in [-0.2, -0.15) is 5.10 Å². The van der Waals surface area contributed by atoms with E-state index in [1.807, 2.05) is 37.4 Å². The van der Waals surface area contributed by atoms with Gasteiger partial charge in [-0.1, -0.05) is 12.2 Å². The number of aromatic nitrogens is 2. The Morgan fingerprint density at radius 1 is 1.67 bits per heavy atom. The van der Waals surface area contributed by atoms with Gasteiger partial charge >= 0.3 is 0 Å². The van der Waals surface area contributed by atoms with Crippen LogP contribution in [-0.2, 0) is 0 Å². The fourth-order valence-corrected chi connectivity index (χ4v) is 0.915. The number of nitrogens with zero attached hydrogens (tertiary/aromatic N) is 2. The highest BCUT2D eigenvalue weighted by molar-refractivity contribution is 5.55. The summed E-state index contributed by atoms with van der Waals surface area (Å²) >= 11 is 0. The van der Waals surface area contributed by atoms with Crippen molar-refractivity contribution in [1.29, 1.82) is 0 Å². The molecule has 0 aliphatic rings. The largest absolute Gasteiger partial charge is 0.327 e. The molecule has 0 spiro atoms. The van der Waals surface area contributed by atoms with E-state index in [1.165, 1.54) is 0 Å². The first-order valence-corrected chi connectivity index (χ1v) is 3.91. The standard InChI is InChI=1S/C9H13N3/c1-2-9(5-3-6-10)12-8-4-7-11-12/h2-5,7-8H,6,10H2,1H3/b5-3-,9-2+. The number of allylic oxidation sites excluding steroid dienone is 3. The summed E-state index contributed by atoms with van der Waals surface area (Å²) < 4.78 is 1.80. The summed E-state index contributed by atoms with van der Waals surface area (Å²) in [5.74, 6) is 0. The molecule has 0 atom stereocenters. The van der Waals surface area contributed by atoms with E-state index >= 15 is 0 Å². The molecule has 0 aromatic carbocycles. The maximum absolute atomic E-state index is 5.34. The second kappa shape index (κ2) is 4.51. The molecule has 0 saturated heterocycles. The van der Waals surface area contributed by atoms with Crippen molar-refractivity contribution in [3.63, 3.8) is 0 Å². The number of rotatable bonds is 3. The Labute approximate surface area is 72.2 Å². The Kier molecular flexibility index (Phi) is 3.29. The van der Waals surface area contributed by atoms with Crippen LogP contribution in [0.15, 0.2) is 36.7 Å². The van der Waals surface area contributed by atoms with E-state index < -0.39 is 0 Å². The maximum atomic E-state index is 5.34. The van der Waals surface area contributed by atoms with Gasteiger partial charge in [-0.05, 0) is 19.1 Å². The van der Waals surface area contributed by atoms with E-state index in [9.17, 15) is 0 Å². The SMILES string of the molecule is C/C=C(\C=C/CN)n1cccn1. The second-order valence-electron chi connectivity index (χ2n) is 2.30. The molecule has 3 heteroatoms. The Morgan fingerprint density at radius 2 is 2.50 bits per heavy atom. The molecular formula is C9H13N3. The van der Waals surface area contributed by atoms with E-state index in [0.717, 1.165) is 5.70 Å². The molecular weight excluding hydrogens is 150 g/mol. The Morgan fingerprint density at radius 3 is 3.00 bits per heavy atom. The van der Waals surface area contributed by atoms with Crippen molar-refractivity contribution in [2.75, 3.05) is 6.54 Å². The normalized spacial score (nSPS) is 12.7. The summed E-state index contributed by atoms with van der Waals surface area (Å²) in [6, 6.07) is 1.89. The molecule has 1 aromatic rings. The van der Waals surface area contributed by atoms with E-state index in [1.54, 1.807) is 10.9 Å². The first kappa shape index (κ1) is 8.74. The summed E-state index contributed by atoms with van der Waals surface area (Å²) in [5, 5.41) is 4.10. The van der Waals surface area contributed by atoms with Crippen LogP contribution in [0, 0.1) is 0 Å². The van der Waals surface area contributed by atoms with Gasteiger partial charge in [0.1, 0.15) is 0 Å². The molecule has 0 amide bonds. The Balaban J connectivity index is 2.78. The molecule has 1 heterocycles. The molecule has 0 fully saturated rings. The molecule has 0 aliphatic heterocycles. The molecule has 3 nitrogen and oxygen atoms in total. The van der Waals surface area contributed by atoms with E-state index in [2.05, 4.69) is 5.10 Å². The number of hydrogen-bond donors (Lipinski definition) is 1. The third kappa shape index (κ3) is 2.07. The van der Waals surface area contributed by atoms with Crippen molar-refractivity contribution in [3.05, 3.63) is 36.7 Å². The van der Waals surface area contributed by atoms with Crippen LogP contribution in [0.3, 0.4) is 0 Å². The lowest BCUT2D eigenvalue weighted by molar-refractivity contribution is 0.908. The van der Waals surface area contributed by atoms with Gasteiger partial charge in [0.2, 0.25) is 0 Å². The van der Waals surface area contributed by atoms with E-state index in [0.29, 0.717) is 6.54 Å². The van der Waals surface area contributed by atoms with Crippen LogP contribution >= 0.6 is 0 Å². The van der Waals surface area contributed by atoms with Gasteiger partial charge in [-0.25, -0.2) is 4.68 Å². The average Bonchev–Trinajstić information content (AvgIpc) is 2.59. The van der Waals surface area contributed by atoms with Crippen molar-refractivity contribution < 1.29 is 0 Å². The topological polar surface area (TPSA) is 43.8 Å². The number of hydrogen-bond acceptors (Lipinski definition) is 2. The highest BCUT2D eigenvalue weighted by atomic mass is 15.3. The lowest BCUT2D eigenvalue weighted by atomic mass is 10.3. The predicted octanol–water partition coefficient (Wildman–Crippen LogP) is 1.26. The molecule has 0 unspecified atom stereocenters. The predicted molar refractivity (Wildman–Crippen MR) is 50.4 cm³/mol. The zero-order valence-electron chi connectivity index (χ0n) is 7.14. The first-order chi connectivity index (χ1) is 5.88. The molecule has 2 N–H and O–H groups in total. The quantitative estimate of drug-likeness (QED) is 0.682. The summed E-state index contributed by atoms with van der Waals surface area (Å²) in [4.78, 5) is 0. The smallest absolute Gasteiger partial charge is 0.0600 e. The van der Waals surface area contributed by atoms with Crippen molar-refractivity contribution in [3.8, 4) is 0 Å². The van der Waals surface area contributed by atoms with Crippen LogP contribution in [0.5, 0.6) is 0 Å². The Hall–Kier alpha value is -1.35. The minimum absolute atomic E-state index is 0.554. The zero-order chi connectivity index (χ0) is 8.81. The first-order valence-electron chi connectivity index (χ1n) is 3.91. The van der Waals surface area contributed by atoms with Gasteiger partial charge in [-0.15, -0.1) is 0 Å². The van der Waals surface area contributed by atoms with Gasteiger partial charge in [0.25, 0.3) is 0 Å². The highest BCUT2D eigenvalue weighted by Crippen LogP contribution is 2.03. The molecule has 0 bridgehead atoms. The molecule has 0 radical (unpaired) electrons. The van der Waals surface area contributed by atoms with Crippen molar-refractivity contribution in [2.24, 2.45) is 5.73 Å². The third-order valence-corrected chi connectivity index (χ3v) is 1.49. The van der Waals surface area contributed by atoms with E-state index in [4.69, 9.17) is 5.73 Å². The molecule has 12 heavy (non-hydrogen) atoms. The molecule has 0 aliphatic carbocycles. The van der Waals surface area contributed by atoms with Crippen molar-refractivity contribution in [1.82, 2.24) is 9.78 Å². The van der Waals surface area contributed by atoms with Crippen LogP contribution in [0.25, 0.3) is 5.70 Å². The van der Waals surface area contributed by atoms with Crippen LogP contribution in [0.4, 0.5) is 0 Å². The maximum Gasteiger partial charge on any atom is 0.0600 e. The van der Waals surface area contributed by atoms with Gasteiger partial charge in [-0.3, -0.25) is 0 Å². The highest BCUT2D eigenvalue weighted by Gasteiger charge is 1.91. The molecule has 64 valence electrons. The van der Waals surface area contributed by atoms with Crippen LogP contribution < -0.4 is 5.73 Å². The second-order valence-corrected chi connectivity index (χ2v) is 2.30. The summed E-state index contributed by atoms with van der Waals surface area (Å²) in [5.41, 5.74) is 6.37. The third-order valence-electron chi connectivity index (χ3n) is 1.49. The zero-order valence-corrected chi connectivity index (χ0v) is 7.14. The minimum atomic E-state index is 0.554. The van der Waals surface area contributed by atoms with Gasteiger partial charge in [0.05, 0.1) is 5.70 Å². The van der Waals surface area contributed by atoms with Crippen LogP contribution in [0.1, 0.15) is 6.92 Å². The molecule has 1 rings (SSSR count). The van der Waals surface area contributed by atoms with Gasteiger partial charge < -0.3 is 5.73 Å². The minimum Gasteiger partial charge on any atom is -0.327 e. The van der Waals surface area contributed by atoms with Gasteiger partial charge in [0.15, 0.2) is 0 Å². The average molecular weight is 163 g/mol. The molecule has 1 aromatic heterocycles. The fourth-order valence-electron chi connectivity index (χ4n) is 0.915. The van der Waals surface area contributed by atoms with Crippen LogP contribution in [-0.4, -0.2) is 16.3 Å². The lowest BCUT2D eigenvalue weighted by Crippen LogP contribution is -1.97. The Bertz CT molecular complexity index is 270. The monoisotopic (exact) mass is 163 g/mol. The van der Waals surface area contributed by atoms with Gasteiger partial charge in [0, 0.05) is 18.9 Å². The van der Waals surface area contributed by atoms with Crippen molar-refractivity contribution >= 4 is 5.70 Å². The summed E-state index contributed by atoms with van der Waals surface area (Å²) in [6.07, 6.45) is 9.49. The molecule has 0 saturated carbocycles. The summed E-state index contributed by atoms with van der Waals surface area (Å²) in [7, 11) is 0. The van der Waals surface area contributed by atoms with E-state index in [-0.39, 0.29) is 0 Å². The van der Waals surface area contributed by atoms with Crippen molar-refractivity contribution in [2.45, 2.75) is 6.92 Å². The lowest BCUT2D eigenvalue weighted by Gasteiger charge is -1.99.